The Hall–Kier alpha value is -2.13. The lowest BCUT2D eigenvalue weighted by Crippen LogP contribution is -2.40. The first-order valence-electron chi connectivity index (χ1n) is 10.9. The number of hydrogen-bond acceptors (Lipinski definition) is 2. The van der Waals surface area contributed by atoms with Gasteiger partial charge in [-0.3, -0.25) is 9.69 Å². The molecule has 1 aliphatic heterocycles. The maximum absolute atomic E-state index is 12.5. The highest BCUT2D eigenvalue weighted by Crippen LogP contribution is 2.22. The van der Waals surface area contributed by atoms with Gasteiger partial charge in [0, 0.05) is 19.6 Å². The summed E-state index contributed by atoms with van der Waals surface area (Å²) in [5.41, 5.74) is 5.48. The number of carbonyl (C=O) groups is 1. The molecule has 148 valence electrons. The van der Waals surface area contributed by atoms with Crippen LogP contribution in [0.5, 0.6) is 0 Å². The lowest BCUT2D eigenvalue weighted by Gasteiger charge is -2.32. The smallest absolute Gasteiger partial charge is 0.224 e. The van der Waals surface area contributed by atoms with E-state index < -0.39 is 0 Å². The van der Waals surface area contributed by atoms with Crippen LogP contribution in [-0.4, -0.2) is 30.4 Å². The Morgan fingerprint density at radius 3 is 2.64 bits per heavy atom. The SMILES string of the molecule is O=C(Cc1ccc2c(c1)CCCC2)NCC1CCCN(Cc2ccccc2)C1. The third kappa shape index (κ3) is 5.23. The zero-order chi connectivity index (χ0) is 19.2. The number of piperidine rings is 1. The van der Waals surface area contributed by atoms with Crippen LogP contribution in [0.15, 0.2) is 48.5 Å². The van der Waals surface area contributed by atoms with E-state index in [1.54, 1.807) is 0 Å². The molecule has 2 aromatic carbocycles. The molecule has 1 heterocycles. The number of benzene rings is 2. The van der Waals surface area contributed by atoms with Crippen LogP contribution in [0.25, 0.3) is 0 Å². The molecule has 1 saturated heterocycles. The molecule has 0 aromatic heterocycles. The van der Waals surface area contributed by atoms with Crippen molar-refractivity contribution in [2.45, 2.75) is 51.5 Å². The van der Waals surface area contributed by atoms with Gasteiger partial charge in [-0.15, -0.1) is 0 Å². The van der Waals surface area contributed by atoms with Gasteiger partial charge in [0.25, 0.3) is 0 Å². The first-order valence-corrected chi connectivity index (χ1v) is 10.9. The normalized spacial score (nSPS) is 19.8. The second-order valence-electron chi connectivity index (χ2n) is 8.52. The topological polar surface area (TPSA) is 32.3 Å². The van der Waals surface area contributed by atoms with Crippen molar-refractivity contribution in [3.63, 3.8) is 0 Å². The summed E-state index contributed by atoms with van der Waals surface area (Å²) in [6, 6.07) is 17.3. The summed E-state index contributed by atoms with van der Waals surface area (Å²) < 4.78 is 0. The fourth-order valence-corrected chi connectivity index (χ4v) is 4.71. The van der Waals surface area contributed by atoms with Gasteiger partial charge in [-0.1, -0.05) is 48.5 Å². The molecule has 1 N–H and O–H groups in total. The lowest BCUT2D eigenvalue weighted by atomic mass is 9.90. The van der Waals surface area contributed by atoms with Crippen LogP contribution in [0.1, 0.15) is 47.9 Å². The number of likely N-dealkylation sites (tertiary alicyclic amines) is 1. The molecule has 0 saturated carbocycles. The fourth-order valence-electron chi connectivity index (χ4n) is 4.71. The largest absolute Gasteiger partial charge is 0.355 e. The highest BCUT2D eigenvalue weighted by Gasteiger charge is 2.20. The summed E-state index contributed by atoms with van der Waals surface area (Å²) in [5, 5.41) is 3.20. The molecule has 3 nitrogen and oxygen atoms in total. The average molecular weight is 377 g/mol. The molecule has 28 heavy (non-hydrogen) atoms. The van der Waals surface area contributed by atoms with Gasteiger partial charge in [-0.25, -0.2) is 0 Å². The molecule has 1 amide bonds. The van der Waals surface area contributed by atoms with Crippen molar-refractivity contribution < 1.29 is 4.79 Å². The van der Waals surface area contributed by atoms with Crippen LogP contribution in [0.2, 0.25) is 0 Å². The molecular formula is C25H32N2O. The van der Waals surface area contributed by atoms with E-state index in [4.69, 9.17) is 0 Å². The van der Waals surface area contributed by atoms with Gasteiger partial charge in [0.2, 0.25) is 5.91 Å². The molecule has 1 fully saturated rings. The van der Waals surface area contributed by atoms with Crippen LogP contribution < -0.4 is 5.32 Å². The molecular weight excluding hydrogens is 344 g/mol. The lowest BCUT2D eigenvalue weighted by molar-refractivity contribution is -0.120. The molecule has 1 unspecified atom stereocenters. The van der Waals surface area contributed by atoms with Gasteiger partial charge in [0.15, 0.2) is 0 Å². The minimum atomic E-state index is 0.163. The Labute approximate surface area is 169 Å². The van der Waals surface area contributed by atoms with Crippen LogP contribution in [0, 0.1) is 5.92 Å². The second-order valence-corrected chi connectivity index (χ2v) is 8.52. The van der Waals surface area contributed by atoms with E-state index in [1.165, 1.54) is 55.2 Å². The minimum absolute atomic E-state index is 0.163. The van der Waals surface area contributed by atoms with Crippen molar-refractivity contribution in [1.29, 1.82) is 0 Å². The quantitative estimate of drug-likeness (QED) is 0.822. The van der Waals surface area contributed by atoms with Crippen LogP contribution in [0.3, 0.4) is 0 Å². The Balaban J connectivity index is 1.24. The predicted octanol–water partition coefficient (Wildman–Crippen LogP) is 4.14. The van der Waals surface area contributed by atoms with E-state index in [2.05, 4.69) is 58.7 Å². The van der Waals surface area contributed by atoms with Crippen LogP contribution in [0.4, 0.5) is 0 Å². The number of amides is 1. The number of nitrogens with zero attached hydrogens (tertiary/aromatic N) is 1. The first-order chi connectivity index (χ1) is 13.8. The third-order valence-electron chi connectivity index (χ3n) is 6.22. The van der Waals surface area contributed by atoms with E-state index in [1.807, 2.05) is 0 Å². The van der Waals surface area contributed by atoms with Crippen LogP contribution in [-0.2, 0) is 30.6 Å². The summed E-state index contributed by atoms with van der Waals surface area (Å²) in [6.07, 6.45) is 7.89. The number of aryl methyl sites for hydroxylation is 2. The average Bonchev–Trinajstić information content (AvgIpc) is 2.73. The predicted molar refractivity (Wildman–Crippen MR) is 114 cm³/mol. The summed E-state index contributed by atoms with van der Waals surface area (Å²) in [4.78, 5) is 15.0. The molecule has 0 radical (unpaired) electrons. The summed E-state index contributed by atoms with van der Waals surface area (Å²) in [5.74, 6) is 0.723. The first kappa shape index (κ1) is 19.2. The van der Waals surface area contributed by atoms with E-state index >= 15 is 0 Å². The standard InChI is InChI=1S/C25H32N2O/c28-25(16-21-12-13-23-10-4-5-11-24(23)15-21)26-17-22-9-6-14-27(19-22)18-20-7-2-1-3-8-20/h1-3,7-8,12-13,15,22H,4-6,9-11,14,16-19H2,(H,26,28). The van der Waals surface area contributed by atoms with Crippen molar-refractivity contribution >= 4 is 5.91 Å². The van der Waals surface area contributed by atoms with Crippen molar-refractivity contribution in [3.05, 3.63) is 70.8 Å². The Bertz CT molecular complexity index is 786. The third-order valence-corrected chi connectivity index (χ3v) is 6.22. The molecule has 0 bridgehead atoms. The van der Waals surface area contributed by atoms with Crippen molar-refractivity contribution in [2.24, 2.45) is 5.92 Å². The van der Waals surface area contributed by atoms with Crippen molar-refractivity contribution in [3.8, 4) is 0 Å². The number of carbonyl (C=O) groups excluding carboxylic acids is 1. The second kappa shape index (κ2) is 9.38. The maximum atomic E-state index is 12.5. The zero-order valence-corrected chi connectivity index (χ0v) is 16.8. The highest BCUT2D eigenvalue weighted by molar-refractivity contribution is 5.78. The van der Waals surface area contributed by atoms with E-state index in [9.17, 15) is 4.79 Å². The maximum Gasteiger partial charge on any atom is 0.224 e. The van der Waals surface area contributed by atoms with Crippen molar-refractivity contribution in [1.82, 2.24) is 10.2 Å². The van der Waals surface area contributed by atoms with E-state index in [0.29, 0.717) is 12.3 Å². The number of fused-ring (bicyclic) bond motifs is 1. The summed E-state index contributed by atoms with van der Waals surface area (Å²) in [7, 11) is 0. The van der Waals surface area contributed by atoms with Crippen molar-refractivity contribution in [2.75, 3.05) is 19.6 Å². The number of hydrogen-bond donors (Lipinski definition) is 1. The van der Waals surface area contributed by atoms with Gasteiger partial charge in [-0.05, 0) is 73.2 Å². The molecule has 1 aliphatic carbocycles. The molecule has 1 atom stereocenters. The molecule has 4 rings (SSSR count). The fraction of sp³-hybridized carbons (Fsp3) is 0.480. The van der Waals surface area contributed by atoms with Gasteiger partial charge in [-0.2, -0.15) is 0 Å². The Kier molecular flexibility index (Phi) is 6.43. The minimum Gasteiger partial charge on any atom is -0.355 e. The van der Waals surface area contributed by atoms with Crippen LogP contribution >= 0.6 is 0 Å². The van der Waals surface area contributed by atoms with Gasteiger partial charge >= 0.3 is 0 Å². The highest BCUT2D eigenvalue weighted by atomic mass is 16.1. The molecule has 2 aromatic rings. The molecule has 0 spiro atoms. The van der Waals surface area contributed by atoms with E-state index in [-0.39, 0.29) is 5.91 Å². The summed E-state index contributed by atoms with van der Waals surface area (Å²) >= 11 is 0. The number of rotatable bonds is 6. The Morgan fingerprint density at radius 2 is 1.79 bits per heavy atom. The zero-order valence-electron chi connectivity index (χ0n) is 16.8. The van der Waals surface area contributed by atoms with E-state index in [0.717, 1.165) is 31.7 Å². The van der Waals surface area contributed by atoms with Gasteiger partial charge in [0.05, 0.1) is 6.42 Å². The van der Waals surface area contributed by atoms with Gasteiger partial charge < -0.3 is 5.32 Å². The molecule has 2 aliphatic rings. The molecule has 3 heteroatoms. The monoisotopic (exact) mass is 376 g/mol. The Morgan fingerprint density at radius 1 is 0.964 bits per heavy atom. The van der Waals surface area contributed by atoms with Gasteiger partial charge in [0.1, 0.15) is 0 Å². The number of nitrogens with one attached hydrogen (secondary N) is 1. The summed E-state index contributed by atoms with van der Waals surface area (Å²) in [6.45, 7) is 4.05.